The molecule has 0 amide bonds. The fraction of sp³-hybridized carbons (Fsp3) is 0.562. The molecule has 0 N–H and O–H groups in total. The lowest BCUT2D eigenvalue weighted by molar-refractivity contribution is -0.149. The second-order valence-electron chi connectivity index (χ2n) is 5.62. The molecule has 1 aliphatic heterocycles. The second-order valence-corrected chi connectivity index (χ2v) is 8.09. The largest absolute Gasteiger partial charge is 0.465 e. The Morgan fingerprint density at radius 3 is 3.00 bits per heavy atom. The molecule has 0 saturated carbocycles. The molecule has 136 valence electrons. The van der Waals surface area contributed by atoms with Gasteiger partial charge in [-0.3, -0.25) is 14.3 Å². The maximum absolute atomic E-state index is 12.3. The van der Waals surface area contributed by atoms with Gasteiger partial charge in [0.15, 0.2) is 10.6 Å². The van der Waals surface area contributed by atoms with E-state index in [1.807, 2.05) is 27.6 Å². The molecule has 2 aromatic heterocycles. The monoisotopic (exact) mass is 398 g/mol. The van der Waals surface area contributed by atoms with Gasteiger partial charge in [0, 0.05) is 24.6 Å². The number of thioether (sulfide) groups is 1. The Kier molecular flexibility index (Phi) is 6.32. The first-order valence-electron chi connectivity index (χ1n) is 8.35. The summed E-state index contributed by atoms with van der Waals surface area (Å²) in [7, 11) is 0. The molecular weight excluding hydrogens is 376 g/mol. The molecule has 25 heavy (non-hydrogen) atoms. The molecule has 0 aromatic carbocycles. The fourth-order valence-corrected chi connectivity index (χ4v) is 4.97. The second kappa shape index (κ2) is 8.48. The van der Waals surface area contributed by atoms with Crippen LogP contribution in [0.25, 0.3) is 10.7 Å². The maximum Gasteiger partial charge on any atom is 0.324 e. The third kappa shape index (κ3) is 3.99. The van der Waals surface area contributed by atoms with E-state index in [1.54, 1.807) is 23.1 Å². The Morgan fingerprint density at radius 1 is 1.48 bits per heavy atom. The first-order valence-corrected chi connectivity index (χ1v) is 10.8. The minimum atomic E-state index is -0.238. The predicted molar refractivity (Wildman–Crippen MR) is 104 cm³/mol. The summed E-state index contributed by atoms with van der Waals surface area (Å²) < 4.78 is 9.79. The van der Waals surface area contributed by atoms with E-state index >= 15 is 0 Å². The minimum Gasteiger partial charge on any atom is -0.465 e. The molecule has 1 saturated heterocycles. The fourth-order valence-electron chi connectivity index (χ4n) is 2.84. The van der Waals surface area contributed by atoms with Crippen LogP contribution < -0.4 is 0 Å². The molecule has 1 unspecified atom stereocenters. The number of carbonyl (C=O) groups is 1. The highest BCUT2D eigenvalue weighted by Crippen LogP contribution is 2.24. The molecule has 2 aromatic rings. The SMILES string of the molecule is CCOC(=O)C1CSCCN1Cn1nc(-c2cccs2)n(CC)c1=S. The summed E-state index contributed by atoms with van der Waals surface area (Å²) in [6.07, 6.45) is 0. The van der Waals surface area contributed by atoms with Crippen molar-refractivity contribution < 1.29 is 9.53 Å². The summed E-state index contributed by atoms with van der Waals surface area (Å²) in [4.78, 5) is 15.5. The molecule has 3 heterocycles. The summed E-state index contributed by atoms with van der Waals surface area (Å²) in [5, 5.41) is 6.78. The van der Waals surface area contributed by atoms with E-state index in [1.165, 1.54) is 0 Å². The van der Waals surface area contributed by atoms with Gasteiger partial charge in [-0.25, -0.2) is 4.68 Å². The number of carbonyl (C=O) groups excluding carboxylic acids is 1. The van der Waals surface area contributed by atoms with Gasteiger partial charge in [-0.05, 0) is 37.5 Å². The summed E-state index contributed by atoms with van der Waals surface area (Å²) in [6, 6.07) is 3.83. The Balaban J connectivity index is 1.86. The minimum absolute atomic E-state index is 0.158. The van der Waals surface area contributed by atoms with Gasteiger partial charge in [0.1, 0.15) is 6.04 Å². The molecule has 6 nitrogen and oxygen atoms in total. The smallest absolute Gasteiger partial charge is 0.324 e. The number of esters is 1. The standard InChI is InChI=1S/C16H22N4O2S3/c1-3-19-14(13-6-5-8-25-13)17-20(16(19)23)11-18-7-9-24-10-12(18)15(21)22-4-2/h5-6,8,12H,3-4,7,9-11H2,1-2H3. The van der Waals surface area contributed by atoms with Crippen LogP contribution in [0.2, 0.25) is 0 Å². The zero-order chi connectivity index (χ0) is 17.8. The van der Waals surface area contributed by atoms with Gasteiger partial charge < -0.3 is 4.74 Å². The number of rotatable bonds is 6. The lowest BCUT2D eigenvalue weighted by Crippen LogP contribution is -2.48. The summed E-state index contributed by atoms with van der Waals surface area (Å²) in [5.41, 5.74) is 0. The lowest BCUT2D eigenvalue weighted by atomic mass is 10.3. The van der Waals surface area contributed by atoms with E-state index in [4.69, 9.17) is 22.1 Å². The Morgan fingerprint density at radius 2 is 2.32 bits per heavy atom. The Bertz CT molecular complexity index is 769. The topological polar surface area (TPSA) is 52.3 Å². The predicted octanol–water partition coefficient (Wildman–Crippen LogP) is 3.10. The van der Waals surface area contributed by atoms with Crippen molar-refractivity contribution in [3.63, 3.8) is 0 Å². The molecule has 1 fully saturated rings. The van der Waals surface area contributed by atoms with Crippen molar-refractivity contribution in [2.45, 2.75) is 33.1 Å². The van der Waals surface area contributed by atoms with Crippen molar-refractivity contribution >= 4 is 41.3 Å². The molecule has 0 aliphatic carbocycles. The number of hydrogen-bond acceptors (Lipinski definition) is 7. The average Bonchev–Trinajstić information content (AvgIpc) is 3.24. The maximum atomic E-state index is 12.3. The molecular formula is C16H22N4O2S3. The molecule has 3 rings (SSSR count). The summed E-state index contributed by atoms with van der Waals surface area (Å²) in [6.45, 7) is 6.41. The van der Waals surface area contributed by atoms with Crippen molar-refractivity contribution in [2.24, 2.45) is 0 Å². The third-order valence-corrected chi connectivity index (χ3v) is 6.41. The molecule has 9 heteroatoms. The van der Waals surface area contributed by atoms with Gasteiger partial charge in [0.05, 0.1) is 18.2 Å². The average molecular weight is 399 g/mol. The van der Waals surface area contributed by atoms with Crippen LogP contribution in [0.1, 0.15) is 13.8 Å². The first-order chi connectivity index (χ1) is 12.2. The van der Waals surface area contributed by atoms with E-state index in [9.17, 15) is 4.79 Å². The van der Waals surface area contributed by atoms with Crippen molar-refractivity contribution in [3.8, 4) is 10.7 Å². The molecule has 0 bridgehead atoms. The Hall–Kier alpha value is -1.16. The van der Waals surface area contributed by atoms with Crippen LogP contribution in [0, 0.1) is 4.77 Å². The summed E-state index contributed by atoms with van der Waals surface area (Å²) in [5.74, 6) is 2.48. The lowest BCUT2D eigenvalue weighted by Gasteiger charge is -2.33. The van der Waals surface area contributed by atoms with Crippen molar-refractivity contribution in [1.29, 1.82) is 0 Å². The van der Waals surface area contributed by atoms with E-state index in [0.29, 0.717) is 18.0 Å². The van der Waals surface area contributed by atoms with E-state index in [2.05, 4.69) is 17.9 Å². The number of ether oxygens (including phenoxy) is 1. The normalized spacial score (nSPS) is 18.4. The third-order valence-electron chi connectivity index (χ3n) is 4.09. The molecule has 0 radical (unpaired) electrons. The number of aromatic nitrogens is 3. The Labute approximate surface area is 160 Å². The van der Waals surface area contributed by atoms with Crippen LogP contribution in [-0.2, 0) is 22.7 Å². The molecule has 1 aliphatic rings. The van der Waals surface area contributed by atoms with Crippen LogP contribution >= 0.6 is 35.3 Å². The van der Waals surface area contributed by atoms with Gasteiger partial charge in [-0.1, -0.05) is 6.07 Å². The van der Waals surface area contributed by atoms with Crippen LogP contribution in [0.5, 0.6) is 0 Å². The van der Waals surface area contributed by atoms with Crippen LogP contribution in [-0.4, -0.2) is 55.9 Å². The van der Waals surface area contributed by atoms with Gasteiger partial charge in [-0.2, -0.15) is 11.8 Å². The molecule has 1 atom stereocenters. The van der Waals surface area contributed by atoms with E-state index < -0.39 is 0 Å². The zero-order valence-electron chi connectivity index (χ0n) is 14.4. The highest BCUT2D eigenvalue weighted by atomic mass is 32.2. The first kappa shape index (κ1) is 18.6. The quantitative estimate of drug-likeness (QED) is 0.551. The van der Waals surface area contributed by atoms with Crippen molar-refractivity contribution in [2.75, 3.05) is 24.7 Å². The van der Waals surface area contributed by atoms with Gasteiger partial charge >= 0.3 is 5.97 Å². The van der Waals surface area contributed by atoms with Crippen LogP contribution in [0.4, 0.5) is 0 Å². The van der Waals surface area contributed by atoms with E-state index in [-0.39, 0.29) is 12.0 Å². The molecule has 0 spiro atoms. The van der Waals surface area contributed by atoms with Crippen molar-refractivity contribution in [3.05, 3.63) is 22.3 Å². The highest BCUT2D eigenvalue weighted by molar-refractivity contribution is 7.99. The van der Waals surface area contributed by atoms with Gasteiger partial charge in [0.25, 0.3) is 0 Å². The highest BCUT2D eigenvalue weighted by Gasteiger charge is 2.31. The van der Waals surface area contributed by atoms with E-state index in [0.717, 1.165) is 35.3 Å². The van der Waals surface area contributed by atoms with Gasteiger partial charge in [-0.15, -0.1) is 16.4 Å². The zero-order valence-corrected chi connectivity index (χ0v) is 16.8. The van der Waals surface area contributed by atoms with Crippen molar-refractivity contribution in [1.82, 2.24) is 19.2 Å². The number of hydrogen-bond donors (Lipinski definition) is 0. The number of nitrogens with zero attached hydrogens (tertiary/aromatic N) is 4. The van der Waals surface area contributed by atoms with Crippen LogP contribution in [0.15, 0.2) is 17.5 Å². The van der Waals surface area contributed by atoms with Gasteiger partial charge in [0.2, 0.25) is 0 Å². The summed E-state index contributed by atoms with van der Waals surface area (Å²) >= 11 is 9.07. The van der Waals surface area contributed by atoms with Crippen LogP contribution in [0.3, 0.4) is 0 Å². The number of thiophene rings is 1.